The Bertz CT molecular complexity index is 3820. The molecule has 0 N–H and O–H groups in total. The van der Waals surface area contributed by atoms with Crippen molar-refractivity contribution < 1.29 is 8.83 Å². The van der Waals surface area contributed by atoms with Crippen LogP contribution in [0.1, 0.15) is 31.2 Å². The van der Waals surface area contributed by atoms with E-state index in [9.17, 15) is 10.5 Å². The van der Waals surface area contributed by atoms with Gasteiger partial charge in [-0.05, 0) is 60.4 Å². The average Bonchev–Trinajstić information content (AvgIpc) is 4.17. The zero-order valence-corrected chi connectivity index (χ0v) is 39.7. The minimum atomic E-state index is -0.498. The lowest BCUT2D eigenvalue weighted by atomic mass is 9.50. The van der Waals surface area contributed by atoms with Gasteiger partial charge in [-0.3, -0.25) is 0 Å². The summed E-state index contributed by atoms with van der Waals surface area (Å²) in [4.78, 5) is 11.2. The molecule has 0 atom stereocenters. The van der Waals surface area contributed by atoms with Crippen molar-refractivity contribution in [1.82, 2.24) is 18.9 Å². The van der Waals surface area contributed by atoms with E-state index >= 15 is 0 Å². The van der Waals surface area contributed by atoms with Gasteiger partial charge in [-0.2, -0.15) is 10.5 Å². The molecule has 0 bridgehead atoms. The number of para-hydroxylation sites is 4. The van der Waals surface area contributed by atoms with Crippen LogP contribution in [0, 0.1) is 35.5 Å². The van der Waals surface area contributed by atoms with Gasteiger partial charge in [0.2, 0.25) is 11.8 Å². The fourth-order valence-electron chi connectivity index (χ4n) is 9.51. The molecule has 0 aliphatic rings. The van der Waals surface area contributed by atoms with Gasteiger partial charge in [0.25, 0.3) is 7.41 Å². The molecule has 0 aliphatic heterocycles. The molecule has 0 radical (unpaired) electrons. The van der Waals surface area contributed by atoms with Crippen LogP contribution in [0.25, 0.3) is 66.6 Å². The van der Waals surface area contributed by atoms with Crippen LogP contribution in [0.3, 0.4) is 0 Å². The third-order valence-electron chi connectivity index (χ3n) is 12.6. The Labute approximate surface area is 410 Å². The summed E-state index contributed by atoms with van der Waals surface area (Å²) >= 11 is 1.82. The Kier molecular flexibility index (Phi) is 11.9. The highest BCUT2D eigenvalue weighted by Crippen LogP contribution is 2.37. The fraction of sp³-hybridized carbons (Fsp3) is 0.0847. The molecule has 0 fully saturated rings. The first-order valence-electron chi connectivity index (χ1n) is 23.4. The number of aromatic nitrogens is 4. The van der Waals surface area contributed by atoms with Crippen molar-refractivity contribution >= 4 is 86.5 Å². The molecule has 0 unspecified atom stereocenters. The molecule has 334 valence electrons. The van der Waals surface area contributed by atoms with Gasteiger partial charge >= 0.3 is 6.85 Å². The molecule has 4 aromatic heterocycles. The molecule has 7 aromatic carbocycles. The Hall–Kier alpha value is -8.50. The molecule has 0 saturated heterocycles. The number of rotatable bonds is 12. The summed E-state index contributed by atoms with van der Waals surface area (Å²) in [6, 6.07) is 68.7. The monoisotopic (exact) mass is 922 g/mol. The topological polar surface area (TPSA) is 110 Å². The molecular weight excluding hydrogens is 878 g/mol. The molecule has 11 rings (SSSR count). The number of oxazole rings is 2. The lowest BCUT2D eigenvalue weighted by Gasteiger charge is -2.22. The number of hydrogen-bond donors (Lipinski definition) is 0. The molecule has 0 saturated carbocycles. The fourth-order valence-corrected chi connectivity index (χ4v) is 10.4. The molecule has 11 heteroatoms. The van der Waals surface area contributed by atoms with E-state index in [1.54, 1.807) is 0 Å². The van der Waals surface area contributed by atoms with E-state index < -0.39 is 6.85 Å². The number of fused-ring (bicyclic) bond motifs is 3. The van der Waals surface area contributed by atoms with Gasteiger partial charge in [-0.15, -0.1) is 11.8 Å². The maximum absolute atomic E-state index is 11.9. The van der Waals surface area contributed by atoms with Crippen LogP contribution < -0.4 is 27.1 Å². The van der Waals surface area contributed by atoms with Crippen LogP contribution >= 0.6 is 11.8 Å². The van der Waals surface area contributed by atoms with E-state index in [0.29, 0.717) is 46.2 Å². The molecule has 4 heterocycles. The van der Waals surface area contributed by atoms with Gasteiger partial charge in [-0.25, -0.2) is 9.97 Å². The van der Waals surface area contributed by atoms with Crippen molar-refractivity contribution in [3.63, 3.8) is 0 Å². The smallest absolute Gasteiger partial charge is 0.328 e. The van der Waals surface area contributed by atoms with Crippen LogP contribution in [0.4, 0.5) is 0 Å². The SMILES string of the molecule is Cc1ccc(-c2c3/c(=C(\C#N)c4nc5ccccc5o4)n(Bc4ccccc4)c(-c4ccc(SCC(C)C)cc4)c3/c(=C(\C#N)c3nc4ccccc4o3)n2B(c2ccccc2)c2ccccc2)cc1. The van der Waals surface area contributed by atoms with Crippen molar-refractivity contribution in [3.05, 3.63) is 216 Å². The van der Waals surface area contributed by atoms with Gasteiger partial charge in [0, 0.05) is 32.8 Å². The molecule has 0 spiro atoms. The van der Waals surface area contributed by atoms with E-state index in [4.69, 9.17) is 18.8 Å². The van der Waals surface area contributed by atoms with Gasteiger partial charge in [0.1, 0.15) is 34.3 Å². The molecule has 70 heavy (non-hydrogen) atoms. The van der Waals surface area contributed by atoms with Crippen LogP contribution in [-0.4, -0.2) is 38.9 Å². The molecule has 0 aliphatic carbocycles. The zero-order chi connectivity index (χ0) is 47.7. The van der Waals surface area contributed by atoms with Crippen molar-refractivity contribution in [2.75, 3.05) is 5.75 Å². The first kappa shape index (κ1) is 44.0. The van der Waals surface area contributed by atoms with Crippen molar-refractivity contribution in [3.8, 4) is 34.7 Å². The summed E-state index contributed by atoms with van der Waals surface area (Å²) in [6.45, 7) is 6.04. The maximum Gasteiger partial charge on any atom is 0.328 e. The zero-order valence-electron chi connectivity index (χ0n) is 38.9. The minimum absolute atomic E-state index is 0.187. The van der Waals surface area contributed by atoms with Crippen LogP contribution in [-0.2, 0) is 0 Å². The Balaban J connectivity index is 1.45. The summed E-state index contributed by atoms with van der Waals surface area (Å²) < 4.78 is 17.7. The summed E-state index contributed by atoms with van der Waals surface area (Å²) in [7, 11) is 0.369. The highest BCUT2D eigenvalue weighted by Gasteiger charge is 2.35. The first-order valence-corrected chi connectivity index (χ1v) is 24.4. The Morgan fingerprint density at radius 3 is 1.59 bits per heavy atom. The van der Waals surface area contributed by atoms with Crippen LogP contribution in [0.5, 0.6) is 0 Å². The Morgan fingerprint density at radius 1 is 0.586 bits per heavy atom. The number of thioether (sulfide) groups is 1. The standard InChI is InChI=1S/C59H44B2N6O2S/c1-38(2)37-70-45-33-31-40(32-34-45)54-52-53(56(66(54)60-42-17-7-4-8-18-42)46(35-62)58-64-48-23-13-15-25-50(48)68-58)55(41-29-27-39(3)28-30-41)67(61(43-19-9-5-10-20-43)44-21-11-6-12-22-44)57(52)47(36-63)59-65-49-24-14-16-26-51(49)69-59/h4-34,38,60H,37H2,1-3H3/b56-46-,57-47-. The molecular formula is C59H44B2N6O2S. The van der Waals surface area contributed by atoms with Crippen LogP contribution in [0.15, 0.2) is 202 Å². The quantitative estimate of drug-likeness (QED) is 0.0887. The summed E-state index contributed by atoms with van der Waals surface area (Å²) in [6.07, 6.45) is 0. The van der Waals surface area contributed by atoms with E-state index in [0.717, 1.165) is 65.9 Å². The van der Waals surface area contributed by atoms with Gasteiger partial charge in [0.05, 0.1) is 10.7 Å². The average molecular weight is 923 g/mol. The van der Waals surface area contributed by atoms with E-state index in [1.165, 1.54) is 0 Å². The molecule has 11 aromatic rings. The van der Waals surface area contributed by atoms with Crippen molar-refractivity contribution in [2.45, 2.75) is 25.7 Å². The largest absolute Gasteiger partial charge is 0.435 e. The molecule has 8 nitrogen and oxygen atoms in total. The number of nitriles is 2. The highest BCUT2D eigenvalue weighted by atomic mass is 32.2. The number of benzene rings is 7. The summed E-state index contributed by atoms with van der Waals surface area (Å²) in [5.41, 5.74) is 10.4. The summed E-state index contributed by atoms with van der Waals surface area (Å²) in [5.74, 6) is 1.87. The number of hydrogen-bond acceptors (Lipinski definition) is 7. The predicted molar refractivity (Wildman–Crippen MR) is 287 cm³/mol. The lowest BCUT2D eigenvalue weighted by molar-refractivity contribution is 0.585. The van der Waals surface area contributed by atoms with E-state index in [1.807, 2.05) is 115 Å². The van der Waals surface area contributed by atoms with Gasteiger partial charge in [-0.1, -0.05) is 187 Å². The van der Waals surface area contributed by atoms with Crippen LogP contribution in [0.2, 0.25) is 0 Å². The summed E-state index contributed by atoms with van der Waals surface area (Å²) in [5, 5.41) is 26.4. The third kappa shape index (κ3) is 8.11. The van der Waals surface area contributed by atoms with E-state index in [2.05, 4.69) is 127 Å². The second kappa shape index (κ2) is 18.9. The lowest BCUT2D eigenvalue weighted by Crippen LogP contribution is -2.53. The first-order chi connectivity index (χ1) is 34.4. The highest BCUT2D eigenvalue weighted by molar-refractivity contribution is 7.99. The van der Waals surface area contributed by atoms with Gasteiger partial charge in [0.15, 0.2) is 11.2 Å². The van der Waals surface area contributed by atoms with E-state index in [-0.39, 0.29) is 22.9 Å². The Morgan fingerprint density at radius 2 is 1.06 bits per heavy atom. The van der Waals surface area contributed by atoms with Gasteiger partial charge < -0.3 is 17.8 Å². The maximum atomic E-state index is 11.9. The normalized spacial score (nSPS) is 12.3. The van der Waals surface area contributed by atoms with Crippen molar-refractivity contribution in [1.29, 1.82) is 10.5 Å². The second-order valence-corrected chi connectivity index (χ2v) is 18.9. The molecule has 0 amide bonds. The second-order valence-electron chi connectivity index (χ2n) is 17.9. The predicted octanol–water partition coefficient (Wildman–Crippen LogP) is 9.74. The third-order valence-corrected chi connectivity index (χ3v) is 14.1. The van der Waals surface area contributed by atoms with Crippen molar-refractivity contribution in [2.24, 2.45) is 5.92 Å². The minimum Gasteiger partial charge on any atom is -0.435 e. The number of aryl methyl sites for hydroxylation is 1. The number of nitrogens with zero attached hydrogens (tertiary/aromatic N) is 6.